The minimum atomic E-state index is -0.598. The summed E-state index contributed by atoms with van der Waals surface area (Å²) in [6, 6.07) is 16.3. The molecule has 1 saturated heterocycles. The van der Waals surface area contributed by atoms with E-state index < -0.39 is 12.0 Å². The predicted molar refractivity (Wildman–Crippen MR) is 125 cm³/mol. The van der Waals surface area contributed by atoms with Gasteiger partial charge in [-0.05, 0) is 30.2 Å². The number of aliphatic imine (C=N–C) groups is 1. The van der Waals surface area contributed by atoms with Crippen molar-refractivity contribution < 1.29 is 19.1 Å². The van der Waals surface area contributed by atoms with Crippen LogP contribution in [-0.2, 0) is 20.9 Å². The highest BCUT2D eigenvalue weighted by Crippen LogP contribution is 2.40. The van der Waals surface area contributed by atoms with E-state index in [1.165, 1.54) is 11.8 Å². The van der Waals surface area contributed by atoms with Crippen molar-refractivity contribution in [1.29, 1.82) is 0 Å². The van der Waals surface area contributed by atoms with Crippen LogP contribution in [0.15, 0.2) is 83.5 Å². The summed E-state index contributed by atoms with van der Waals surface area (Å²) in [7, 11) is 0. The molecule has 2 heterocycles. The number of rotatable bonds is 7. The summed E-state index contributed by atoms with van der Waals surface area (Å²) in [4.78, 5) is 32.3. The van der Waals surface area contributed by atoms with Gasteiger partial charge >= 0.3 is 5.97 Å². The van der Waals surface area contributed by atoms with E-state index in [0.29, 0.717) is 41.0 Å². The second-order valence-corrected chi connectivity index (χ2v) is 8.45. The van der Waals surface area contributed by atoms with Crippen LogP contribution in [0.3, 0.4) is 0 Å². The predicted octanol–water partition coefficient (Wildman–Crippen LogP) is 4.65. The van der Waals surface area contributed by atoms with Crippen molar-refractivity contribution in [3.63, 3.8) is 0 Å². The summed E-state index contributed by atoms with van der Waals surface area (Å²) in [6.07, 6.45) is 2.07. The number of benzene rings is 2. The number of amides is 1. The molecule has 0 saturated carbocycles. The largest absolute Gasteiger partial charge is 0.490 e. The lowest BCUT2D eigenvalue weighted by Gasteiger charge is -2.38. The Labute approximate surface area is 191 Å². The van der Waals surface area contributed by atoms with Gasteiger partial charge in [-0.3, -0.25) is 9.69 Å². The van der Waals surface area contributed by atoms with Crippen molar-refractivity contribution in [1.82, 2.24) is 4.90 Å². The molecular weight excluding hydrogens is 424 g/mol. The summed E-state index contributed by atoms with van der Waals surface area (Å²) in [6.45, 7) is 5.99. The molecule has 7 heteroatoms. The van der Waals surface area contributed by atoms with Gasteiger partial charge in [-0.25, -0.2) is 9.79 Å². The van der Waals surface area contributed by atoms with Crippen molar-refractivity contribution in [2.24, 2.45) is 4.99 Å². The standard InChI is InChI=1S/C25H24N2O4S/c1-3-14-30-20-11-9-19(10-12-20)23-22(24(29)31-16-18-7-5-4-6-8-18)17(2)26-25-27(23)21(28)13-15-32-25/h3-12,23H,1,13-16H2,2H3/t23-/m0/s1. The van der Waals surface area contributed by atoms with Crippen molar-refractivity contribution in [2.45, 2.75) is 26.0 Å². The molecule has 164 valence electrons. The van der Waals surface area contributed by atoms with Crippen molar-refractivity contribution in [3.8, 4) is 5.75 Å². The van der Waals surface area contributed by atoms with Crippen LogP contribution in [0.1, 0.15) is 30.5 Å². The molecule has 1 atom stereocenters. The molecule has 4 rings (SSSR count). The molecule has 2 aromatic rings. The maximum Gasteiger partial charge on any atom is 0.338 e. The van der Waals surface area contributed by atoms with Crippen LogP contribution < -0.4 is 4.74 Å². The molecule has 1 amide bonds. The molecule has 0 aliphatic carbocycles. The fourth-order valence-electron chi connectivity index (χ4n) is 3.67. The lowest BCUT2D eigenvalue weighted by atomic mass is 9.94. The maximum absolute atomic E-state index is 13.2. The van der Waals surface area contributed by atoms with Crippen LogP contribution in [0.25, 0.3) is 0 Å². The van der Waals surface area contributed by atoms with Gasteiger partial charge in [-0.1, -0.05) is 66.9 Å². The van der Waals surface area contributed by atoms with E-state index in [4.69, 9.17) is 9.47 Å². The maximum atomic E-state index is 13.2. The smallest absolute Gasteiger partial charge is 0.338 e. The summed E-state index contributed by atoms with van der Waals surface area (Å²) in [5.74, 6) is 0.831. The lowest BCUT2D eigenvalue weighted by Crippen LogP contribution is -2.45. The monoisotopic (exact) mass is 448 g/mol. The minimum Gasteiger partial charge on any atom is -0.490 e. The quantitative estimate of drug-likeness (QED) is 0.456. The molecule has 0 unspecified atom stereocenters. The summed E-state index contributed by atoms with van der Waals surface area (Å²) in [5.41, 5.74) is 2.63. The van der Waals surface area contributed by atoms with Gasteiger partial charge in [0.1, 0.15) is 19.0 Å². The summed E-state index contributed by atoms with van der Waals surface area (Å²) in [5, 5.41) is 0.621. The third-order valence-electron chi connectivity index (χ3n) is 5.20. The third-order valence-corrected chi connectivity index (χ3v) is 6.16. The van der Waals surface area contributed by atoms with Gasteiger partial charge in [-0.15, -0.1) is 0 Å². The van der Waals surface area contributed by atoms with Crippen LogP contribution in [0, 0.1) is 0 Å². The molecule has 2 aliphatic heterocycles. The number of hydrogen-bond acceptors (Lipinski definition) is 6. The number of esters is 1. The number of carbonyl (C=O) groups excluding carboxylic acids is 2. The first-order valence-electron chi connectivity index (χ1n) is 10.4. The fraction of sp³-hybridized carbons (Fsp3) is 0.240. The van der Waals surface area contributed by atoms with E-state index in [-0.39, 0.29) is 12.5 Å². The molecule has 0 aromatic heterocycles. The highest BCUT2D eigenvalue weighted by atomic mass is 32.2. The molecule has 6 nitrogen and oxygen atoms in total. The number of carbonyl (C=O) groups is 2. The lowest BCUT2D eigenvalue weighted by molar-refractivity contribution is -0.141. The van der Waals surface area contributed by atoms with E-state index in [9.17, 15) is 9.59 Å². The Kier molecular flexibility index (Phi) is 6.75. The Balaban J connectivity index is 1.67. The van der Waals surface area contributed by atoms with Gasteiger partial charge in [0.15, 0.2) is 5.17 Å². The number of allylic oxidation sites excluding steroid dienone is 1. The number of nitrogens with zero attached hydrogens (tertiary/aromatic N) is 2. The Morgan fingerprint density at radius 3 is 2.69 bits per heavy atom. The highest BCUT2D eigenvalue weighted by molar-refractivity contribution is 8.14. The van der Waals surface area contributed by atoms with Crippen LogP contribution in [0.5, 0.6) is 5.75 Å². The zero-order valence-corrected chi connectivity index (χ0v) is 18.6. The van der Waals surface area contributed by atoms with Crippen LogP contribution >= 0.6 is 11.8 Å². The molecule has 2 aromatic carbocycles. The molecule has 0 radical (unpaired) electrons. The molecule has 1 fully saturated rings. The highest BCUT2D eigenvalue weighted by Gasteiger charge is 2.41. The molecular formula is C25H24N2O4S. The Morgan fingerprint density at radius 1 is 1.22 bits per heavy atom. The minimum absolute atomic E-state index is 0.0552. The SMILES string of the molecule is C=CCOc1ccc([C@H]2C(C(=O)OCc3ccccc3)=C(C)N=C3SCCC(=O)N32)cc1. The topological polar surface area (TPSA) is 68.2 Å². The molecule has 0 N–H and O–H groups in total. The molecule has 2 aliphatic rings. The first kappa shape index (κ1) is 21.9. The number of fused-ring (bicyclic) bond motifs is 1. The van der Waals surface area contributed by atoms with E-state index in [0.717, 1.165) is 11.1 Å². The van der Waals surface area contributed by atoms with Crippen LogP contribution in [0.4, 0.5) is 0 Å². The molecule has 0 bridgehead atoms. The molecule has 0 spiro atoms. The van der Waals surface area contributed by atoms with Gasteiger partial charge in [0, 0.05) is 12.2 Å². The second kappa shape index (κ2) is 9.87. The van der Waals surface area contributed by atoms with Gasteiger partial charge in [0.05, 0.1) is 17.3 Å². The Hall–Kier alpha value is -3.32. The van der Waals surface area contributed by atoms with Crippen LogP contribution in [-0.4, -0.2) is 34.3 Å². The van der Waals surface area contributed by atoms with E-state index >= 15 is 0 Å². The summed E-state index contributed by atoms with van der Waals surface area (Å²) >= 11 is 1.52. The number of thioether (sulfide) groups is 1. The van der Waals surface area contributed by atoms with E-state index in [1.807, 2.05) is 54.6 Å². The summed E-state index contributed by atoms with van der Waals surface area (Å²) < 4.78 is 11.2. The van der Waals surface area contributed by atoms with Crippen LogP contribution in [0.2, 0.25) is 0 Å². The van der Waals surface area contributed by atoms with Crippen molar-refractivity contribution in [3.05, 3.63) is 89.6 Å². The number of amidine groups is 1. The zero-order valence-electron chi connectivity index (χ0n) is 17.8. The normalized spacial score (nSPS) is 18.0. The van der Waals surface area contributed by atoms with Gasteiger partial charge in [0.25, 0.3) is 0 Å². The third kappa shape index (κ3) is 4.62. The van der Waals surface area contributed by atoms with Crippen molar-refractivity contribution >= 4 is 28.8 Å². The Morgan fingerprint density at radius 2 is 1.97 bits per heavy atom. The second-order valence-electron chi connectivity index (χ2n) is 7.39. The van der Waals surface area contributed by atoms with E-state index in [2.05, 4.69) is 11.6 Å². The first-order chi connectivity index (χ1) is 15.6. The zero-order chi connectivity index (χ0) is 22.5. The van der Waals surface area contributed by atoms with Gasteiger partial charge in [-0.2, -0.15) is 0 Å². The van der Waals surface area contributed by atoms with Gasteiger partial charge in [0.2, 0.25) is 5.91 Å². The van der Waals surface area contributed by atoms with Crippen molar-refractivity contribution in [2.75, 3.05) is 12.4 Å². The fourth-order valence-corrected chi connectivity index (χ4v) is 4.68. The van der Waals surface area contributed by atoms with E-state index in [1.54, 1.807) is 17.9 Å². The first-order valence-corrected chi connectivity index (χ1v) is 11.4. The molecule has 32 heavy (non-hydrogen) atoms. The number of hydrogen-bond donors (Lipinski definition) is 0. The Bertz CT molecular complexity index is 1080. The van der Waals surface area contributed by atoms with Gasteiger partial charge < -0.3 is 9.47 Å². The number of ether oxygens (including phenoxy) is 2. The average molecular weight is 449 g/mol. The average Bonchev–Trinajstić information content (AvgIpc) is 2.81.